The fourth-order valence-electron chi connectivity index (χ4n) is 5.95. The van der Waals surface area contributed by atoms with Gasteiger partial charge in [-0.05, 0) is 73.5 Å². The van der Waals surface area contributed by atoms with E-state index in [1.54, 1.807) is 0 Å². The molecule has 10 unspecified atom stereocenters. The largest absolute Gasteiger partial charge is 0.297 e. The minimum absolute atomic E-state index is 0.590. The summed E-state index contributed by atoms with van der Waals surface area (Å²) in [5.74, 6) is 6.57. The predicted octanol–water partition coefficient (Wildman–Crippen LogP) is 3.63. The van der Waals surface area contributed by atoms with Crippen LogP contribution >= 0.6 is 0 Å². The second-order valence-corrected chi connectivity index (χ2v) is 9.20. The summed E-state index contributed by atoms with van der Waals surface area (Å²) in [4.78, 5) is 0. The molecule has 0 amide bonds. The second kappa shape index (κ2) is 5.23. The van der Waals surface area contributed by atoms with Gasteiger partial charge in [0.15, 0.2) is 0 Å². The molecule has 0 aromatic rings. The summed E-state index contributed by atoms with van der Waals surface area (Å²) in [7, 11) is 0. The summed E-state index contributed by atoms with van der Waals surface area (Å²) in [6.45, 7) is 9.90. The van der Waals surface area contributed by atoms with Gasteiger partial charge in [0.25, 0.3) is 0 Å². The summed E-state index contributed by atoms with van der Waals surface area (Å²) in [6.07, 6.45) is 7.78. The molecular weight excluding hydrogens is 256 g/mol. The summed E-state index contributed by atoms with van der Waals surface area (Å²) in [5.41, 5.74) is 0. The van der Waals surface area contributed by atoms with E-state index >= 15 is 0 Å². The van der Waals surface area contributed by atoms with Crippen molar-refractivity contribution in [3.8, 4) is 0 Å². The molecule has 2 heteroatoms. The maximum atomic E-state index is 4.03. The van der Waals surface area contributed by atoms with Crippen LogP contribution in [0.5, 0.6) is 0 Å². The van der Waals surface area contributed by atoms with E-state index in [0.717, 1.165) is 53.5 Å². The van der Waals surface area contributed by atoms with Gasteiger partial charge in [-0.15, -0.1) is 0 Å². The molecule has 3 aliphatic carbocycles. The highest BCUT2D eigenvalue weighted by Crippen LogP contribution is 2.52. The maximum absolute atomic E-state index is 4.03. The molecule has 0 spiro atoms. The van der Waals surface area contributed by atoms with Gasteiger partial charge in [0.05, 0.1) is 6.17 Å². The average Bonchev–Trinajstić information content (AvgIpc) is 3.11. The first-order valence-corrected chi connectivity index (χ1v) is 9.55. The predicted molar refractivity (Wildman–Crippen MR) is 87.8 cm³/mol. The van der Waals surface area contributed by atoms with Crippen LogP contribution in [0, 0.1) is 41.4 Å². The fourth-order valence-corrected chi connectivity index (χ4v) is 5.95. The van der Waals surface area contributed by atoms with Crippen LogP contribution in [0.1, 0.15) is 59.8 Å². The third-order valence-corrected chi connectivity index (χ3v) is 7.68. The maximum Gasteiger partial charge on any atom is 0.0608 e. The zero-order chi connectivity index (χ0) is 14.7. The molecule has 4 fully saturated rings. The monoisotopic (exact) mass is 290 g/mol. The Morgan fingerprint density at radius 3 is 1.95 bits per heavy atom. The SMILES string of the molecule is CC1CC(C)C(C2NC3CC(C)C4CC4CC3N2)CC1C. The third kappa shape index (κ3) is 2.57. The minimum atomic E-state index is 0.590. The van der Waals surface area contributed by atoms with Crippen LogP contribution < -0.4 is 10.6 Å². The van der Waals surface area contributed by atoms with Crippen molar-refractivity contribution >= 4 is 0 Å². The van der Waals surface area contributed by atoms with E-state index in [-0.39, 0.29) is 0 Å². The fraction of sp³-hybridized carbons (Fsp3) is 1.00. The molecule has 10 atom stereocenters. The lowest BCUT2D eigenvalue weighted by molar-refractivity contribution is 0.108. The summed E-state index contributed by atoms with van der Waals surface area (Å²) in [6, 6.07) is 1.51. The third-order valence-electron chi connectivity index (χ3n) is 7.68. The van der Waals surface area contributed by atoms with Gasteiger partial charge in [0.2, 0.25) is 0 Å². The number of fused-ring (bicyclic) bond motifs is 2. The first kappa shape index (κ1) is 14.5. The molecule has 21 heavy (non-hydrogen) atoms. The van der Waals surface area contributed by atoms with Crippen LogP contribution in [0.3, 0.4) is 0 Å². The molecular formula is C19H34N2. The zero-order valence-corrected chi connectivity index (χ0v) is 14.3. The Hall–Kier alpha value is -0.0800. The molecule has 0 aromatic carbocycles. The van der Waals surface area contributed by atoms with Crippen LogP contribution in [0.4, 0.5) is 0 Å². The number of hydrogen-bond donors (Lipinski definition) is 2. The van der Waals surface area contributed by atoms with Crippen molar-refractivity contribution in [3.63, 3.8) is 0 Å². The van der Waals surface area contributed by atoms with E-state index in [0.29, 0.717) is 6.17 Å². The molecule has 120 valence electrons. The second-order valence-electron chi connectivity index (χ2n) is 9.20. The van der Waals surface area contributed by atoms with Gasteiger partial charge in [-0.1, -0.05) is 27.7 Å². The molecule has 1 aliphatic heterocycles. The Labute approximate surface area is 130 Å². The molecule has 0 bridgehead atoms. The van der Waals surface area contributed by atoms with Crippen molar-refractivity contribution in [3.05, 3.63) is 0 Å². The zero-order valence-electron chi connectivity index (χ0n) is 14.3. The van der Waals surface area contributed by atoms with Gasteiger partial charge >= 0.3 is 0 Å². The summed E-state index contributed by atoms with van der Waals surface area (Å²) >= 11 is 0. The van der Waals surface area contributed by atoms with Gasteiger partial charge in [0.1, 0.15) is 0 Å². The molecule has 1 saturated heterocycles. The minimum Gasteiger partial charge on any atom is -0.297 e. The molecule has 3 saturated carbocycles. The summed E-state index contributed by atoms with van der Waals surface area (Å²) in [5, 5.41) is 8.06. The van der Waals surface area contributed by atoms with E-state index in [4.69, 9.17) is 0 Å². The Morgan fingerprint density at radius 2 is 1.19 bits per heavy atom. The standard InChI is InChI=1S/C19H34N2/c1-10-5-12(3)16(6-11(10)2)19-20-17-7-13(4)15-8-14(15)9-18(17)21-19/h10-21H,5-9H2,1-4H3. The van der Waals surface area contributed by atoms with Crippen LogP contribution in [0.15, 0.2) is 0 Å². The van der Waals surface area contributed by atoms with E-state index in [2.05, 4.69) is 38.3 Å². The molecule has 2 N–H and O–H groups in total. The molecule has 2 nitrogen and oxygen atoms in total. The van der Waals surface area contributed by atoms with Crippen molar-refractivity contribution in [2.45, 2.75) is 78.0 Å². The van der Waals surface area contributed by atoms with Crippen LogP contribution in [-0.4, -0.2) is 18.2 Å². The van der Waals surface area contributed by atoms with Gasteiger partial charge < -0.3 is 0 Å². The Balaban J connectivity index is 1.44. The molecule has 1 heterocycles. The molecule has 4 rings (SSSR count). The van der Waals surface area contributed by atoms with E-state index in [1.807, 2.05) is 0 Å². The number of rotatable bonds is 1. The highest BCUT2D eigenvalue weighted by molar-refractivity contribution is 5.06. The molecule has 0 radical (unpaired) electrons. The number of nitrogens with one attached hydrogen (secondary N) is 2. The van der Waals surface area contributed by atoms with Gasteiger partial charge in [0, 0.05) is 12.1 Å². The van der Waals surface area contributed by atoms with Crippen molar-refractivity contribution in [1.82, 2.24) is 10.6 Å². The highest BCUT2D eigenvalue weighted by atomic mass is 15.3. The Morgan fingerprint density at radius 1 is 0.571 bits per heavy atom. The van der Waals surface area contributed by atoms with Gasteiger partial charge in [-0.25, -0.2) is 0 Å². The summed E-state index contributed by atoms with van der Waals surface area (Å²) < 4.78 is 0. The van der Waals surface area contributed by atoms with Crippen LogP contribution in [0.2, 0.25) is 0 Å². The van der Waals surface area contributed by atoms with Crippen LogP contribution in [0.25, 0.3) is 0 Å². The quantitative estimate of drug-likeness (QED) is 0.770. The van der Waals surface area contributed by atoms with Gasteiger partial charge in [-0.2, -0.15) is 0 Å². The van der Waals surface area contributed by atoms with Crippen molar-refractivity contribution < 1.29 is 0 Å². The lowest BCUT2D eigenvalue weighted by Gasteiger charge is -2.40. The lowest BCUT2D eigenvalue weighted by Crippen LogP contribution is -2.47. The van der Waals surface area contributed by atoms with Crippen LogP contribution in [-0.2, 0) is 0 Å². The topological polar surface area (TPSA) is 24.1 Å². The van der Waals surface area contributed by atoms with Crippen molar-refractivity contribution in [1.29, 1.82) is 0 Å². The smallest absolute Gasteiger partial charge is 0.0608 e. The van der Waals surface area contributed by atoms with Gasteiger partial charge in [-0.3, -0.25) is 10.6 Å². The van der Waals surface area contributed by atoms with E-state index in [9.17, 15) is 0 Å². The Bertz CT molecular complexity index is 389. The average molecular weight is 290 g/mol. The highest BCUT2D eigenvalue weighted by Gasteiger charge is 2.50. The van der Waals surface area contributed by atoms with E-state index in [1.165, 1.54) is 32.1 Å². The molecule has 0 aromatic heterocycles. The number of hydrogen-bond acceptors (Lipinski definition) is 2. The van der Waals surface area contributed by atoms with E-state index < -0.39 is 0 Å². The lowest BCUT2D eigenvalue weighted by atomic mass is 9.69. The molecule has 4 aliphatic rings. The first-order valence-electron chi connectivity index (χ1n) is 9.55. The first-order chi connectivity index (χ1) is 10.0. The normalized spacial score (nSPS) is 60.0. The Kier molecular flexibility index (Phi) is 3.61. The van der Waals surface area contributed by atoms with Crippen molar-refractivity contribution in [2.75, 3.05) is 0 Å². The van der Waals surface area contributed by atoms with Crippen molar-refractivity contribution in [2.24, 2.45) is 41.4 Å².